The van der Waals surface area contributed by atoms with Crippen LogP contribution in [0.15, 0.2) is 48.5 Å². The second-order valence-corrected chi connectivity index (χ2v) is 7.32. The number of rotatable bonds is 6. The van der Waals surface area contributed by atoms with Crippen molar-refractivity contribution in [2.45, 2.75) is 73.1 Å². The zero-order valence-electron chi connectivity index (χ0n) is 22.0. The number of ketones is 1. The first-order valence-electron chi connectivity index (χ1n) is 12.6. The Labute approximate surface area is 211 Å². The highest BCUT2D eigenvalue weighted by atomic mass is 16.7. The first-order valence-corrected chi connectivity index (χ1v) is 12.6. The largest absolute Gasteiger partial charge is 0.486 e. The van der Waals surface area contributed by atoms with Crippen LogP contribution in [0.25, 0.3) is 0 Å². The van der Waals surface area contributed by atoms with E-state index in [4.69, 9.17) is 14.2 Å². The number of carbonyl (C=O) groups excluding carboxylic acids is 3. The molecule has 35 heavy (non-hydrogen) atoms. The Hall–Kier alpha value is -3.15. The molecule has 1 aliphatic carbocycles. The first kappa shape index (κ1) is 31.9. The van der Waals surface area contributed by atoms with Crippen LogP contribution >= 0.6 is 0 Å². The molecule has 2 aromatic rings. The van der Waals surface area contributed by atoms with Gasteiger partial charge in [-0.1, -0.05) is 78.0 Å². The average Bonchev–Trinajstić information content (AvgIpc) is 3.40. The third-order valence-corrected chi connectivity index (χ3v) is 4.99. The van der Waals surface area contributed by atoms with Gasteiger partial charge < -0.3 is 19.0 Å². The minimum atomic E-state index is 0.0355. The van der Waals surface area contributed by atoms with Crippen molar-refractivity contribution in [3.05, 3.63) is 54.1 Å². The fourth-order valence-electron chi connectivity index (χ4n) is 3.32. The average molecular weight is 487 g/mol. The van der Waals surface area contributed by atoms with E-state index in [9.17, 15) is 14.4 Å². The highest BCUT2D eigenvalue weighted by molar-refractivity contribution is 5.94. The molecule has 2 aliphatic rings. The molecular weight excluding hydrogens is 444 g/mol. The Kier molecular flexibility index (Phi) is 19.5. The van der Waals surface area contributed by atoms with E-state index < -0.39 is 0 Å². The van der Waals surface area contributed by atoms with Gasteiger partial charge in [-0.05, 0) is 43.2 Å². The molecule has 1 fully saturated rings. The van der Waals surface area contributed by atoms with Crippen molar-refractivity contribution in [3.63, 3.8) is 0 Å². The van der Waals surface area contributed by atoms with Gasteiger partial charge in [0.2, 0.25) is 6.79 Å². The lowest BCUT2D eigenvalue weighted by Crippen LogP contribution is -2.05. The van der Waals surface area contributed by atoms with Gasteiger partial charge in [0.15, 0.2) is 23.6 Å². The number of aldehydes is 2. The van der Waals surface area contributed by atoms with Crippen LogP contribution in [0, 0.1) is 5.92 Å². The number of hydrogen-bond acceptors (Lipinski definition) is 6. The summed E-state index contributed by atoms with van der Waals surface area (Å²) < 4.78 is 15.2. The van der Waals surface area contributed by atoms with Crippen LogP contribution in [-0.2, 0) is 9.59 Å². The standard InChI is InChI=1S/C9H8O3.C8H8O2.C8H14O.2C2H6/c1-6(10)7-2-3-8-9(4-7)12-5-11-8;9-6-7-10-8-4-2-1-3-5-8;9-7-6-8-4-2-1-3-5-8;2*1-2/h2-4H,5H2,1H3;1-6H,7H2;7-8H,1-6H2;2*1-2H3. The number of fused-ring (bicyclic) bond motifs is 1. The van der Waals surface area contributed by atoms with Gasteiger partial charge in [-0.15, -0.1) is 0 Å². The van der Waals surface area contributed by atoms with Gasteiger partial charge in [0.05, 0.1) is 0 Å². The molecule has 194 valence electrons. The molecule has 0 radical (unpaired) electrons. The maximum atomic E-state index is 10.9. The van der Waals surface area contributed by atoms with Gasteiger partial charge in [0.25, 0.3) is 0 Å². The molecule has 4 rings (SSSR count). The smallest absolute Gasteiger partial charge is 0.231 e. The third kappa shape index (κ3) is 14.0. The number of para-hydroxylation sites is 1. The van der Waals surface area contributed by atoms with Gasteiger partial charge >= 0.3 is 0 Å². The number of Topliss-reactive ketones (excluding diaryl/α,β-unsaturated/α-hetero) is 1. The summed E-state index contributed by atoms with van der Waals surface area (Å²) in [5, 5.41) is 0. The predicted octanol–water partition coefficient (Wildman–Crippen LogP) is 7.09. The van der Waals surface area contributed by atoms with Crippen molar-refractivity contribution in [1.82, 2.24) is 0 Å². The molecule has 0 aromatic heterocycles. The second kappa shape index (κ2) is 21.4. The maximum Gasteiger partial charge on any atom is 0.231 e. The molecule has 6 nitrogen and oxygen atoms in total. The van der Waals surface area contributed by atoms with Crippen molar-refractivity contribution < 1.29 is 28.6 Å². The molecular formula is C29H42O6. The molecule has 0 spiro atoms. The molecule has 0 unspecified atom stereocenters. The van der Waals surface area contributed by atoms with Crippen molar-refractivity contribution >= 4 is 18.4 Å². The number of ether oxygens (including phenoxy) is 3. The second-order valence-electron chi connectivity index (χ2n) is 7.32. The van der Waals surface area contributed by atoms with E-state index in [1.165, 1.54) is 39.0 Å². The van der Waals surface area contributed by atoms with Crippen LogP contribution in [0.5, 0.6) is 17.2 Å². The number of hydrogen-bond donors (Lipinski definition) is 0. The minimum absolute atomic E-state index is 0.0355. The highest BCUT2D eigenvalue weighted by Gasteiger charge is 2.14. The molecule has 0 amide bonds. The molecule has 0 bridgehead atoms. The zero-order chi connectivity index (χ0) is 26.3. The molecule has 1 heterocycles. The van der Waals surface area contributed by atoms with E-state index >= 15 is 0 Å². The maximum absolute atomic E-state index is 10.9. The Morgan fingerprint density at radius 2 is 1.51 bits per heavy atom. The monoisotopic (exact) mass is 486 g/mol. The van der Waals surface area contributed by atoms with Crippen molar-refractivity contribution in [2.24, 2.45) is 5.92 Å². The lowest BCUT2D eigenvalue weighted by molar-refractivity contribution is -0.110. The summed E-state index contributed by atoms with van der Waals surface area (Å²) in [6.07, 6.45) is 9.26. The summed E-state index contributed by atoms with van der Waals surface area (Å²) >= 11 is 0. The predicted molar refractivity (Wildman–Crippen MR) is 141 cm³/mol. The summed E-state index contributed by atoms with van der Waals surface area (Å²) in [6.45, 7) is 9.90. The highest BCUT2D eigenvalue weighted by Crippen LogP contribution is 2.32. The summed E-state index contributed by atoms with van der Waals surface area (Å²) in [7, 11) is 0. The zero-order valence-corrected chi connectivity index (χ0v) is 22.0. The van der Waals surface area contributed by atoms with E-state index in [1.807, 2.05) is 58.0 Å². The van der Waals surface area contributed by atoms with E-state index in [1.54, 1.807) is 18.2 Å². The first-order chi connectivity index (χ1) is 17.1. The van der Waals surface area contributed by atoms with Crippen LogP contribution in [-0.4, -0.2) is 31.8 Å². The van der Waals surface area contributed by atoms with Gasteiger partial charge in [0.1, 0.15) is 18.6 Å². The molecule has 2 aromatic carbocycles. The van der Waals surface area contributed by atoms with Crippen LogP contribution in [0.3, 0.4) is 0 Å². The summed E-state index contributed by atoms with van der Waals surface area (Å²) in [5.41, 5.74) is 0.652. The Bertz CT molecular complexity index is 813. The number of benzene rings is 2. The summed E-state index contributed by atoms with van der Waals surface area (Å²) in [5.74, 6) is 2.86. The van der Waals surface area contributed by atoms with E-state index in [0.29, 0.717) is 17.1 Å². The van der Waals surface area contributed by atoms with Crippen LogP contribution < -0.4 is 14.2 Å². The molecule has 1 saturated carbocycles. The van der Waals surface area contributed by atoms with E-state index in [-0.39, 0.29) is 19.2 Å². The Morgan fingerprint density at radius 3 is 2.09 bits per heavy atom. The fourth-order valence-corrected chi connectivity index (χ4v) is 3.32. The quantitative estimate of drug-likeness (QED) is 0.320. The molecule has 1 aliphatic heterocycles. The lowest BCUT2D eigenvalue weighted by atomic mass is 9.87. The van der Waals surface area contributed by atoms with Gasteiger partial charge in [-0.2, -0.15) is 0 Å². The van der Waals surface area contributed by atoms with Gasteiger partial charge in [0, 0.05) is 12.0 Å². The van der Waals surface area contributed by atoms with Gasteiger partial charge in [-0.3, -0.25) is 9.59 Å². The summed E-state index contributed by atoms with van der Waals surface area (Å²) in [4.78, 5) is 30.9. The fraction of sp³-hybridized carbons (Fsp3) is 0.483. The summed E-state index contributed by atoms with van der Waals surface area (Å²) in [6, 6.07) is 14.4. The Morgan fingerprint density at radius 1 is 0.886 bits per heavy atom. The molecule has 0 atom stereocenters. The van der Waals surface area contributed by atoms with Crippen LogP contribution in [0.2, 0.25) is 0 Å². The minimum Gasteiger partial charge on any atom is -0.486 e. The Balaban J connectivity index is 0.000000466. The van der Waals surface area contributed by atoms with Crippen molar-refractivity contribution in [1.29, 1.82) is 0 Å². The molecule has 0 saturated heterocycles. The van der Waals surface area contributed by atoms with Gasteiger partial charge in [-0.25, -0.2) is 0 Å². The third-order valence-electron chi connectivity index (χ3n) is 4.99. The van der Waals surface area contributed by atoms with Crippen molar-refractivity contribution in [3.8, 4) is 17.2 Å². The topological polar surface area (TPSA) is 78.9 Å². The van der Waals surface area contributed by atoms with E-state index in [0.717, 1.165) is 30.7 Å². The van der Waals surface area contributed by atoms with Crippen LogP contribution in [0.4, 0.5) is 0 Å². The van der Waals surface area contributed by atoms with E-state index in [2.05, 4.69) is 0 Å². The number of carbonyl (C=O) groups is 3. The normalized spacial score (nSPS) is 12.9. The molecule has 6 heteroatoms. The molecule has 0 N–H and O–H groups in total. The van der Waals surface area contributed by atoms with Crippen molar-refractivity contribution in [2.75, 3.05) is 13.4 Å². The SMILES string of the molecule is CC.CC.CC(=O)c1ccc2c(c1)OCO2.O=CCC1CCCCC1.O=CCOc1ccccc1. The lowest BCUT2D eigenvalue weighted by Gasteiger charge is -2.18. The van der Waals surface area contributed by atoms with Crippen LogP contribution in [0.1, 0.15) is 83.5 Å².